The van der Waals surface area contributed by atoms with Crippen molar-refractivity contribution in [2.24, 2.45) is 5.73 Å². The van der Waals surface area contributed by atoms with E-state index in [0.29, 0.717) is 23.5 Å². The first-order valence-corrected chi connectivity index (χ1v) is 5.67. The van der Waals surface area contributed by atoms with Crippen LogP contribution in [0.2, 0.25) is 0 Å². The molecule has 5 heteroatoms. The molecular formula is C13H18N4O. The Morgan fingerprint density at radius 3 is 2.22 bits per heavy atom. The van der Waals surface area contributed by atoms with Gasteiger partial charge in [0.1, 0.15) is 0 Å². The van der Waals surface area contributed by atoms with Gasteiger partial charge in [-0.3, -0.25) is 0 Å². The van der Waals surface area contributed by atoms with Gasteiger partial charge >= 0.3 is 0 Å². The molecule has 0 spiro atoms. The maximum absolute atomic E-state index is 6.05. The van der Waals surface area contributed by atoms with E-state index in [1.807, 2.05) is 12.2 Å². The first kappa shape index (κ1) is 12.3. The normalized spacial score (nSPS) is 19.3. The molecule has 2 rings (SSSR count). The summed E-state index contributed by atoms with van der Waals surface area (Å²) in [7, 11) is 1.66. The molecule has 0 aromatic heterocycles. The predicted molar refractivity (Wildman–Crippen MR) is 75.3 cm³/mol. The van der Waals surface area contributed by atoms with Gasteiger partial charge in [0.2, 0.25) is 0 Å². The van der Waals surface area contributed by atoms with Gasteiger partial charge in [-0.25, -0.2) is 0 Å². The van der Waals surface area contributed by atoms with E-state index in [1.165, 1.54) is 0 Å². The minimum Gasteiger partial charge on any atom is -0.401 e. The van der Waals surface area contributed by atoms with E-state index in [2.05, 4.69) is 0 Å². The zero-order valence-corrected chi connectivity index (χ0v) is 10.3. The molecule has 1 aromatic rings. The highest BCUT2D eigenvalue weighted by Crippen LogP contribution is 2.32. The van der Waals surface area contributed by atoms with Gasteiger partial charge in [-0.1, -0.05) is 12.2 Å². The Morgan fingerprint density at radius 1 is 1.11 bits per heavy atom. The first-order chi connectivity index (χ1) is 8.52. The molecule has 1 aliphatic carbocycles. The van der Waals surface area contributed by atoms with Crippen molar-refractivity contribution in [2.45, 2.75) is 12.5 Å². The van der Waals surface area contributed by atoms with Crippen LogP contribution in [0.3, 0.4) is 0 Å². The summed E-state index contributed by atoms with van der Waals surface area (Å²) in [4.78, 5) is 0. The highest BCUT2D eigenvalue weighted by atomic mass is 16.5. The zero-order valence-electron chi connectivity index (χ0n) is 10.3. The summed E-state index contributed by atoms with van der Waals surface area (Å²) in [5.74, 6) is 0. The van der Waals surface area contributed by atoms with Crippen molar-refractivity contribution in [3.8, 4) is 0 Å². The van der Waals surface area contributed by atoms with Crippen LogP contribution in [0.5, 0.6) is 0 Å². The van der Waals surface area contributed by atoms with Gasteiger partial charge in [0.05, 0.1) is 23.2 Å². The Kier molecular flexibility index (Phi) is 3.16. The summed E-state index contributed by atoms with van der Waals surface area (Å²) in [6.07, 6.45) is 4.58. The average Bonchev–Trinajstić information content (AvgIpc) is 2.35. The smallest absolute Gasteiger partial charge is 0.0809 e. The summed E-state index contributed by atoms with van der Waals surface area (Å²) in [5.41, 5.74) is 27.3. The van der Waals surface area contributed by atoms with Crippen LogP contribution in [0.25, 0.3) is 5.57 Å². The third-order valence-corrected chi connectivity index (χ3v) is 3.10. The summed E-state index contributed by atoms with van der Waals surface area (Å²) in [5, 5.41) is 0. The van der Waals surface area contributed by atoms with Gasteiger partial charge in [-0.2, -0.15) is 0 Å². The van der Waals surface area contributed by atoms with Crippen molar-refractivity contribution in [1.29, 1.82) is 0 Å². The van der Waals surface area contributed by atoms with Crippen molar-refractivity contribution < 1.29 is 4.74 Å². The Balaban J connectivity index is 2.42. The second-order valence-electron chi connectivity index (χ2n) is 4.34. The average molecular weight is 246 g/mol. The quantitative estimate of drug-likeness (QED) is 0.583. The molecule has 0 heterocycles. The van der Waals surface area contributed by atoms with Crippen LogP contribution >= 0.6 is 0 Å². The third kappa shape index (κ3) is 2.12. The van der Waals surface area contributed by atoms with Gasteiger partial charge < -0.3 is 27.7 Å². The van der Waals surface area contributed by atoms with Crippen molar-refractivity contribution in [3.63, 3.8) is 0 Å². The number of hydrogen-bond acceptors (Lipinski definition) is 5. The Bertz CT molecular complexity index is 511. The van der Waals surface area contributed by atoms with Crippen LogP contribution in [-0.4, -0.2) is 13.2 Å². The third-order valence-electron chi connectivity index (χ3n) is 3.10. The number of allylic oxidation sites excluding steroid dienone is 2. The fraction of sp³-hybridized carbons (Fsp3) is 0.231. The highest BCUT2D eigenvalue weighted by Gasteiger charge is 2.16. The molecule has 1 unspecified atom stereocenters. The van der Waals surface area contributed by atoms with Crippen LogP contribution in [0.4, 0.5) is 17.1 Å². The van der Waals surface area contributed by atoms with Crippen LogP contribution < -0.4 is 22.9 Å². The Labute approximate surface area is 106 Å². The topological polar surface area (TPSA) is 113 Å². The first-order valence-electron chi connectivity index (χ1n) is 5.67. The largest absolute Gasteiger partial charge is 0.401 e. The molecule has 1 aromatic carbocycles. The molecule has 8 N–H and O–H groups in total. The van der Waals surface area contributed by atoms with Gasteiger partial charge in [0.15, 0.2) is 0 Å². The summed E-state index contributed by atoms with van der Waals surface area (Å²) >= 11 is 0. The summed E-state index contributed by atoms with van der Waals surface area (Å²) in [6, 6.07) is 3.57. The fourth-order valence-electron chi connectivity index (χ4n) is 2.00. The van der Waals surface area contributed by atoms with E-state index in [4.69, 9.17) is 27.7 Å². The molecule has 18 heavy (non-hydrogen) atoms. The molecule has 5 nitrogen and oxygen atoms in total. The molecular weight excluding hydrogens is 228 g/mol. The Morgan fingerprint density at radius 2 is 1.72 bits per heavy atom. The van der Waals surface area contributed by atoms with Crippen LogP contribution in [0, 0.1) is 0 Å². The predicted octanol–water partition coefficient (Wildman–Crippen LogP) is 1.08. The second kappa shape index (κ2) is 4.62. The number of benzene rings is 1. The molecule has 0 radical (unpaired) electrons. The number of ether oxygens (including phenoxy) is 1. The number of nitrogen functional groups attached to an aromatic ring is 3. The van der Waals surface area contributed by atoms with Crippen LogP contribution in [-0.2, 0) is 4.74 Å². The second-order valence-corrected chi connectivity index (χ2v) is 4.34. The molecule has 1 aliphatic rings. The highest BCUT2D eigenvalue weighted by molar-refractivity contribution is 5.86. The molecule has 0 aliphatic heterocycles. The standard InChI is InChI=1S/C13H18N4O/c1-18-8-2-3-9(10(14)6-8)7-4-11(15)13(17)12(16)5-7/h2-5,8H,6,14-17H2,1H3. The van der Waals surface area contributed by atoms with E-state index in [1.54, 1.807) is 19.2 Å². The van der Waals surface area contributed by atoms with Crippen molar-refractivity contribution in [1.82, 2.24) is 0 Å². The lowest BCUT2D eigenvalue weighted by Gasteiger charge is -2.20. The Hall–Kier alpha value is -2.14. The number of nitrogens with two attached hydrogens (primary N) is 4. The lowest BCUT2D eigenvalue weighted by Crippen LogP contribution is -2.17. The van der Waals surface area contributed by atoms with E-state index in [-0.39, 0.29) is 6.10 Å². The number of rotatable bonds is 2. The molecule has 0 fully saturated rings. The number of methoxy groups -OCH3 is 1. The van der Waals surface area contributed by atoms with E-state index >= 15 is 0 Å². The van der Waals surface area contributed by atoms with E-state index in [9.17, 15) is 0 Å². The molecule has 1 atom stereocenters. The monoisotopic (exact) mass is 246 g/mol. The SMILES string of the molecule is COC1C=CC(c2cc(N)c(N)c(N)c2)=C(N)C1. The minimum atomic E-state index is 0.0252. The lowest BCUT2D eigenvalue weighted by molar-refractivity contribution is 0.140. The van der Waals surface area contributed by atoms with Gasteiger partial charge in [-0.15, -0.1) is 0 Å². The van der Waals surface area contributed by atoms with Crippen molar-refractivity contribution in [2.75, 3.05) is 24.3 Å². The number of anilines is 3. The fourth-order valence-corrected chi connectivity index (χ4v) is 2.00. The molecule has 96 valence electrons. The minimum absolute atomic E-state index is 0.0252. The van der Waals surface area contributed by atoms with E-state index < -0.39 is 0 Å². The molecule has 0 saturated heterocycles. The molecule has 0 bridgehead atoms. The maximum Gasteiger partial charge on any atom is 0.0809 e. The summed E-state index contributed by atoms with van der Waals surface area (Å²) in [6.45, 7) is 0. The van der Waals surface area contributed by atoms with Crippen molar-refractivity contribution in [3.05, 3.63) is 35.5 Å². The van der Waals surface area contributed by atoms with Gasteiger partial charge in [0.25, 0.3) is 0 Å². The van der Waals surface area contributed by atoms with Crippen LogP contribution in [0.1, 0.15) is 12.0 Å². The van der Waals surface area contributed by atoms with Crippen LogP contribution in [0.15, 0.2) is 30.0 Å². The van der Waals surface area contributed by atoms with Gasteiger partial charge in [-0.05, 0) is 17.7 Å². The lowest BCUT2D eigenvalue weighted by atomic mass is 9.94. The molecule has 0 amide bonds. The maximum atomic E-state index is 6.05. The summed E-state index contributed by atoms with van der Waals surface area (Å²) < 4.78 is 5.24. The van der Waals surface area contributed by atoms with Crippen molar-refractivity contribution >= 4 is 22.6 Å². The number of hydrogen-bond donors (Lipinski definition) is 4. The zero-order chi connectivity index (χ0) is 13.3. The molecule has 0 saturated carbocycles. The van der Waals surface area contributed by atoms with Gasteiger partial charge in [0, 0.05) is 24.8 Å². The van der Waals surface area contributed by atoms with E-state index in [0.717, 1.165) is 16.8 Å².